The van der Waals surface area contributed by atoms with Gasteiger partial charge in [-0.2, -0.15) is 4.98 Å². The van der Waals surface area contributed by atoms with Gasteiger partial charge in [0.25, 0.3) is 0 Å². The van der Waals surface area contributed by atoms with Crippen LogP contribution in [0.25, 0.3) is 0 Å². The number of aromatic nitrogens is 2. The molecular formula is C12H15N3O. The summed E-state index contributed by atoms with van der Waals surface area (Å²) in [6, 6.07) is 8.21. The molecule has 0 aliphatic carbocycles. The summed E-state index contributed by atoms with van der Waals surface area (Å²) in [7, 11) is 1.86. The number of nitrogens with zero attached hydrogens (tertiary/aromatic N) is 2. The fourth-order valence-electron chi connectivity index (χ4n) is 1.56. The summed E-state index contributed by atoms with van der Waals surface area (Å²) in [5.41, 5.74) is 2.47. The standard InChI is InChI=1S/C12H15N3O/c1-9-5-3-4-6-10(9)7-12-14-11(8-13-2)15-16-12/h3-6,13H,7-8H2,1-2H3. The van der Waals surface area contributed by atoms with Crippen LogP contribution in [-0.2, 0) is 13.0 Å². The van der Waals surface area contributed by atoms with Crippen LogP contribution in [0.3, 0.4) is 0 Å². The second-order valence-electron chi connectivity index (χ2n) is 3.74. The summed E-state index contributed by atoms with van der Waals surface area (Å²) >= 11 is 0. The molecule has 4 nitrogen and oxygen atoms in total. The fraction of sp³-hybridized carbons (Fsp3) is 0.333. The highest BCUT2D eigenvalue weighted by molar-refractivity contribution is 5.27. The van der Waals surface area contributed by atoms with Gasteiger partial charge in [0.05, 0.1) is 13.0 Å². The zero-order valence-corrected chi connectivity index (χ0v) is 9.53. The fourth-order valence-corrected chi connectivity index (χ4v) is 1.56. The van der Waals surface area contributed by atoms with Crippen molar-refractivity contribution in [3.63, 3.8) is 0 Å². The lowest BCUT2D eigenvalue weighted by Crippen LogP contribution is -2.06. The summed E-state index contributed by atoms with van der Waals surface area (Å²) < 4.78 is 5.18. The molecule has 0 radical (unpaired) electrons. The number of rotatable bonds is 4. The van der Waals surface area contributed by atoms with Crippen molar-refractivity contribution in [1.82, 2.24) is 15.5 Å². The van der Waals surface area contributed by atoms with Crippen LogP contribution in [0, 0.1) is 6.92 Å². The van der Waals surface area contributed by atoms with Gasteiger partial charge >= 0.3 is 0 Å². The minimum atomic E-state index is 0.636. The van der Waals surface area contributed by atoms with Gasteiger partial charge in [-0.15, -0.1) is 0 Å². The van der Waals surface area contributed by atoms with Crippen LogP contribution in [0.4, 0.5) is 0 Å². The van der Waals surface area contributed by atoms with E-state index in [4.69, 9.17) is 4.52 Å². The molecule has 1 N–H and O–H groups in total. The van der Waals surface area contributed by atoms with E-state index in [1.54, 1.807) is 0 Å². The molecule has 0 bridgehead atoms. The number of hydrogen-bond donors (Lipinski definition) is 1. The van der Waals surface area contributed by atoms with Gasteiger partial charge in [-0.3, -0.25) is 0 Å². The molecule has 0 fully saturated rings. The molecule has 0 atom stereocenters. The molecule has 0 unspecified atom stereocenters. The first-order valence-electron chi connectivity index (χ1n) is 5.30. The second kappa shape index (κ2) is 4.90. The monoisotopic (exact) mass is 217 g/mol. The average Bonchev–Trinajstić information content (AvgIpc) is 2.70. The molecule has 0 aliphatic rings. The van der Waals surface area contributed by atoms with Crippen LogP contribution in [0.5, 0.6) is 0 Å². The SMILES string of the molecule is CNCc1noc(Cc2ccccc2C)n1. The minimum absolute atomic E-state index is 0.636. The van der Waals surface area contributed by atoms with Gasteiger partial charge in [-0.05, 0) is 25.1 Å². The summed E-state index contributed by atoms with van der Waals surface area (Å²) in [5.74, 6) is 1.37. The second-order valence-corrected chi connectivity index (χ2v) is 3.74. The average molecular weight is 217 g/mol. The number of aryl methyl sites for hydroxylation is 1. The highest BCUT2D eigenvalue weighted by atomic mass is 16.5. The Bertz CT molecular complexity index is 465. The molecule has 0 saturated carbocycles. The molecule has 2 rings (SSSR count). The van der Waals surface area contributed by atoms with Gasteiger partial charge in [0, 0.05) is 0 Å². The molecule has 2 aromatic rings. The normalized spacial score (nSPS) is 10.6. The minimum Gasteiger partial charge on any atom is -0.339 e. The first-order valence-corrected chi connectivity index (χ1v) is 5.30. The first kappa shape index (κ1) is 10.8. The Hall–Kier alpha value is -1.68. The topological polar surface area (TPSA) is 51.0 Å². The summed E-state index contributed by atoms with van der Waals surface area (Å²) in [6.07, 6.45) is 0.698. The number of benzene rings is 1. The lowest BCUT2D eigenvalue weighted by atomic mass is 10.1. The van der Waals surface area contributed by atoms with E-state index < -0.39 is 0 Å². The van der Waals surface area contributed by atoms with Crippen LogP contribution >= 0.6 is 0 Å². The third-order valence-corrected chi connectivity index (χ3v) is 2.45. The van der Waals surface area contributed by atoms with Crippen LogP contribution in [-0.4, -0.2) is 17.2 Å². The van der Waals surface area contributed by atoms with Crippen LogP contribution in [0.1, 0.15) is 22.8 Å². The Balaban J connectivity index is 2.11. The Labute approximate surface area is 94.7 Å². The molecule has 84 valence electrons. The van der Waals surface area contributed by atoms with E-state index in [2.05, 4.69) is 34.5 Å². The summed E-state index contributed by atoms with van der Waals surface area (Å²) in [4.78, 5) is 4.30. The molecular weight excluding hydrogens is 202 g/mol. The zero-order valence-electron chi connectivity index (χ0n) is 9.53. The van der Waals surface area contributed by atoms with E-state index in [0.717, 1.165) is 0 Å². The maximum absolute atomic E-state index is 5.18. The summed E-state index contributed by atoms with van der Waals surface area (Å²) in [6.45, 7) is 2.72. The lowest BCUT2D eigenvalue weighted by molar-refractivity contribution is 0.378. The van der Waals surface area contributed by atoms with Crippen molar-refractivity contribution < 1.29 is 4.52 Å². The van der Waals surface area contributed by atoms with Crippen molar-refractivity contribution in [1.29, 1.82) is 0 Å². The zero-order chi connectivity index (χ0) is 11.4. The van der Waals surface area contributed by atoms with E-state index in [0.29, 0.717) is 24.7 Å². The Kier molecular flexibility index (Phi) is 3.31. The van der Waals surface area contributed by atoms with E-state index in [1.807, 2.05) is 19.2 Å². The third-order valence-electron chi connectivity index (χ3n) is 2.45. The maximum Gasteiger partial charge on any atom is 0.231 e. The van der Waals surface area contributed by atoms with Crippen LogP contribution < -0.4 is 5.32 Å². The molecule has 1 aromatic heterocycles. The quantitative estimate of drug-likeness (QED) is 0.846. The molecule has 1 heterocycles. The van der Waals surface area contributed by atoms with E-state index in [1.165, 1.54) is 11.1 Å². The predicted molar refractivity (Wildman–Crippen MR) is 61.0 cm³/mol. The highest BCUT2D eigenvalue weighted by Gasteiger charge is 2.07. The Morgan fingerprint density at radius 2 is 2.12 bits per heavy atom. The van der Waals surface area contributed by atoms with E-state index in [-0.39, 0.29) is 0 Å². The van der Waals surface area contributed by atoms with Crippen molar-refractivity contribution in [2.75, 3.05) is 7.05 Å². The molecule has 0 amide bonds. The molecule has 0 spiro atoms. The van der Waals surface area contributed by atoms with Crippen molar-refractivity contribution in [3.8, 4) is 0 Å². The van der Waals surface area contributed by atoms with Gasteiger partial charge in [-0.25, -0.2) is 0 Å². The van der Waals surface area contributed by atoms with Gasteiger partial charge in [-0.1, -0.05) is 29.4 Å². The lowest BCUT2D eigenvalue weighted by Gasteiger charge is -2.00. The molecule has 0 saturated heterocycles. The van der Waals surface area contributed by atoms with Gasteiger partial charge < -0.3 is 9.84 Å². The molecule has 16 heavy (non-hydrogen) atoms. The van der Waals surface area contributed by atoms with Crippen LogP contribution in [0.15, 0.2) is 28.8 Å². The number of nitrogens with one attached hydrogen (secondary N) is 1. The molecule has 0 aliphatic heterocycles. The molecule has 4 heteroatoms. The first-order chi connectivity index (χ1) is 7.79. The predicted octanol–water partition coefficient (Wildman–Crippen LogP) is 1.69. The largest absolute Gasteiger partial charge is 0.339 e. The van der Waals surface area contributed by atoms with Crippen LogP contribution in [0.2, 0.25) is 0 Å². The van der Waals surface area contributed by atoms with Crippen molar-refractivity contribution in [2.24, 2.45) is 0 Å². The van der Waals surface area contributed by atoms with Gasteiger partial charge in [0.1, 0.15) is 0 Å². The smallest absolute Gasteiger partial charge is 0.231 e. The Morgan fingerprint density at radius 1 is 1.31 bits per heavy atom. The highest BCUT2D eigenvalue weighted by Crippen LogP contribution is 2.12. The Morgan fingerprint density at radius 3 is 2.88 bits per heavy atom. The molecule has 1 aromatic carbocycles. The van der Waals surface area contributed by atoms with E-state index in [9.17, 15) is 0 Å². The summed E-state index contributed by atoms with van der Waals surface area (Å²) in [5, 5.41) is 6.87. The van der Waals surface area contributed by atoms with Gasteiger partial charge in [0.2, 0.25) is 5.89 Å². The number of hydrogen-bond acceptors (Lipinski definition) is 4. The van der Waals surface area contributed by atoms with Gasteiger partial charge in [0.15, 0.2) is 5.82 Å². The third kappa shape index (κ3) is 2.46. The maximum atomic E-state index is 5.18. The van der Waals surface area contributed by atoms with E-state index >= 15 is 0 Å². The van der Waals surface area contributed by atoms with Crippen molar-refractivity contribution >= 4 is 0 Å². The van der Waals surface area contributed by atoms with Crippen molar-refractivity contribution in [3.05, 3.63) is 47.1 Å². The van der Waals surface area contributed by atoms with Crippen molar-refractivity contribution in [2.45, 2.75) is 19.9 Å².